The molecule has 29 heavy (non-hydrogen) atoms. The first kappa shape index (κ1) is 19.9. The third-order valence-corrected chi connectivity index (χ3v) is 6.16. The van der Waals surface area contributed by atoms with E-state index in [1.165, 1.54) is 17.2 Å². The molecule has 3 atom stereocenters. The second kappa shape index (κ2) is 7.80. The van der Waals surface area contributed by atoms with E-state index in [0.717, 1.165) is 19.5 Å². The lowest BCUT2D eigenvalue weighted by molar-refractivity contribution is -0.133. The van der Waals surface area contributed by atoms with Crippen molar-refractivity contribution in [2.75, 3.05) is 13.1 Å². The predicted octanol–water partition coefficient (Wildman–Crippen LogP) is 2.26. The van der Waals surface area contributed by atoms with Crippen LogP contribution in [-0.2, 0) is 16.6 Å². The van der Waals surface area contributed by atoms with E-state index in [4.69, 9.17) is 4.52 Å². The first-order valence-corrected chi connectivity index (χ1v) is 10.4. The standard InChI is InChI=1S/C22H30N4O3/c1-22(2,3)15-6-4-14(5-7-15)21-17-13-26(11-10-18(17)23-24-21)20(28)9-8-16-12-19(27)25-29-16/h4-7,12,17-18,21,23-24H,8-11,13H2,1-3H3,(H,25,27). The summed E-state index contributed by atoms with van der Waals surface area (Å²) in [6, 6.07) is 10.8. The van der Waals surface area contributed by atoms with Crippen molar-refractivity contribution in [2.45, 2.75) is 57.5 Å². The Labute approximate surface area is 170 Å². The van der Waals surface area contributed by atoms with Crippen molar-refractivity contribution in [3.8, 4) is 0 Å². The lowest BCUT2D eigenvalue weighted by Crippen LogP contribution is -2.47. The average Bonchev–Trinajstić information content (AvgIpc) is 3.31. The van der Waals surface area contributed by atoms with Crippen molar-refractivity contribution < 1.29 is 9.32 Å². The van der Waals surface area contributed by atoms with Crippen LogP contribution in [-0.4, -0.2) is 35.1 Å². The molecule has 3 N–H and O–H groups in total. The summed E-state index contributed by atoms with van der Waals surface area (Å²) in [6.45, 7) is 8.14. The van der Waals surface area contributed by atoms with Crippen LogP contribution in [0.15, 0.2) is 39.6 Å². The number of piperidine rings is 1. The minimum absolute atomic E-state index is 0.112. The van der Waals surface area contributed by atoms with Gasteiger partial charge >= 0.3 is 0 Å². The molecule has 2 saturated heterocycles. The Bertz CT molecular complexity index is 909. The van der Waals surface area contributed by atoms with Crippen molar-refractivity contribution >= 4 is 5.91 Å². The third-order valence-electron chi connectivity index (χ3n) is 6.16. The molecule has 2 aliphatic heterocycles. The number of carbonyl (C=O) groups excluding carboxylic acids is 1. The van der Waals surface area contributed by atoms with Crippen LogP contribution in [0.5, 0.6) is 0 Å². The lowest BCUT2D eigenvalue weighted by atomic mass is 9.82. The summed E-state index contributed by atoms with van der Waals surface area (Å²) in [5, 5.41) is 2.27. The maximum Gasteiger partial charge on any atom is 0.280 e. The van der Waals surface area contributed by atoms with Gasteiger partial charge in [0.2, 0.25) is 5.91 Å². The first-order chi connectivity index (χ1) is 13.8. The fourth-order valence-corrected chi connectivity index (χ4v) is 4.38. The zero-order valence-electron chi connectivity index (χ0n) is 17.3. The smallest absolute Gasteiger partial charge is 0.280 e. The molecular formula is C22H30N4O3. The van der Waals surface area contributed by atoms with E-state index in [9.17, 15) is 9.59 Å². The number of aromatic nitrogens is 1. The molecule has 3 heterocycles. The molecule has 0 spiro atoms. The molecule has 2 fully saturated rings. The molecule has 0 aliphatic carbocycles. The van der Waals surface area contributed by atoms with Crippen LogP contribution in [0, 0.1) is 5.92 Å². The van der Waals surface area contributed by atoms with E-state index in [1.807, 2.05) is 4.90 Å². The largest absolute Gasteiger partial charge is 0.384 e. The molecule has 2 aromatic rings. The van der Waals surface area contributed by atoms with Gasteiger partial charge in [-0.3, -0.25) is 15.0 Å². The summed E-state index contributed by atoms with van der Waals surface area (Å²) in [6.07, 6.45) is 1.72. The van der Waals surface area contributed by atoms with E-state index < -0.39 is 0 Å². The number of H-pyrrole nitrogens is 1. The number of hydrogen-bond acceptors (Lipinski definition) is 5. The summed E-state index contributed by atoms with van der Waals surface area (Å²) in [5.74, 6) is 0.971. The monoisotopic (exact) mass is 398 g/mol. The van der Waals surface area contributed by atoms with Crippen molar-refractivity contribution in [3.05, 3.63) is 57.6 Å². The van der Waals surface area contributed by atoms with Crippen LogP contribution in [0.25, 0.3) is 0 Å². The number of hydrogen-bond donors (Lipinski definition) is 3. The number of nitrogens with zero attached hydrogens (tertiary/aromatic N) is 1. The summed E-state index contributed by atoms with van der Waals surface area (Å²) in [7, 11) is 0. The number of rotatable bonds is 4. The van der Waals surface area contributed by atoms with Gasteiger partial charge in [0.05, 0.1) is 6.04 Å². The fourth-order valence-electron chi connectivity index (χ4n) is 4.38. The van der Waals surface area contributed by atoms with E-state index >= 15 is 0 Å². The number of nitrogens with one attached hydrogen (secondary N) is 3. The molecule has 1 aromatic heterocycles. The maximum absolute atomic E-state index is 12.7. The topological polar surface area (TPSA) is 90.4 Å². The number of benzene rings is 1. The summed E-state index contributed by atoms with van der Waals surface area (Å²) in [5.41, 5.74) is 9.32. The van der Waals surface area contributed by atoms with Gasteiger partial charge in [-0.1, -0.05) is 45.0 Å². The van der Waals surface area contributed by atoms with E-state index in [2.05, 4.69) is 61.0 Å². The summed E-state index contributed by atoms with van der Waals surface area (Å²) >= 11 is 0. The van der Waals surface area contributed by atoms with Gasteiger partial charge in [-0.05, 0) is 23.0 Å². The van der Waals surface area contributed by atoms with Crippen LogP contribution in [0.2, 0.25) is 0 Å². The highest BCUT2D eigenvalue weighted by molar-refractivity contribution is 5.76. The van der Waals surface area contributed by atoms with Crippen molar-refractivity contribution in [3.63, 3.8) is 0 Å². The lowest BCUT2D eigenvalue weighted by Gasteiger charge is -2.36. The van der Waals surface area contributed by atoms with Crippen molar-refractivity contribution in [1.82, 2.24) is 20.9 Å². The molecule has 0 saturated carbocycles. The number of fused-ring (bicyclic) bond motifs is 1. The Morgan fingerprint density at radius 3 is 2.62 bits per heavy atom. The van der Waals surface area contributed by atoms with Gasteiger partial charge in [-0.2, -0.15) is 5.16 Å². The molecule has 4 rings (SSSR count). The summed E-state index contributed by atoms with van der Waals surface area (Å²) < 4.78 is 5.05. The van der Waals surface area contributed by atoms with Crippen LogP contribution in [0.4, 0.5) is 0 Å². The predicted molar refractivity (Wildman–Crippen MR) is 110 cm³/mol. The molecule has 156 valence electrons. The minimum Gasteiger partial charge on any atom is -0.384 e. The molecule has 1 amide bonds. The SMILES string of the molecule is CC(C)(C)c1ccc(C2NNC3CCN(C(=O)CCc4cc(=O)[nH]o4)CC32)cc1. The molecule has 0 radical (unpaired) electrons. The molecule has 1 aromatic carbocycles. The number of carbonyl (C=O) groups is 1. The van der Waals surface area contributed by atoms with Crippen molar-refractivity contribution in [1.29, 1.82) is 0 Å². The highest BCUT2D eigenvalue weighted by atomic mass is 16.5. The van der Waals surface area contributed by atoms with Crippen molar-refractivity contribution in [2.24, 2.45) is 5.92 Å². The van der Waals surface area contributed by atoms with Gasteiger partial charge in [-0.25, -0.2) is 5.43 Å². The molecule has 3 unspecified atom stereocenters. The zero-order chi connectivity index (χ0) is 20.6. The van der Waals surface area contributed by atoms with Gasteiger partial charge in [0.1, 0.15) is 5.76 Å². The molecular weight excluding hydrogens is 368 g/mol. The average molecular weight is 399 g/mol. The van der Waals surface area contributed by atoms with Gasteiger partial charge < -0.3 is 9.42 Å². The number of hydrazine groups is 1. The van der Waals surface area contributed by atoms with Crippen LogP contribution >= 0.6 is 0 Å². The number of likely N-dealkylation sites (tertiary alicyclic amines) is 1. The van der Waals surface area contributed by atoms with Gasteiger partial charge in [0.15, 0.2) is 0 Å². The Hall–Kier alpha value is -2.38. The molecule has 0 bridgehead atoms. The Morgan fingerprint density at radius 2 is 1.97 bits per heavy atom. The van der Waals surface area contributed by atoms with Crippen LogP contribution in [0.3, 0.4) is 0 Å². The first-order valence-electron chi connectivity index (χ1n) is 10.4. The number of amides is 1. The van der Waals surface area contributed by atoms with E-state index in [0.29, 0.717) is 30.6 Å². The Morgan fingerprint density at radius 1 is 1.21 bits per heavy atom. The minimum atomic E-state index is -0.267. The third kappa shape index (κ3) is 4.31. The van der Waals surface area contributed by atoms with Gasteiger partial charge in [0.25, 0.3) is 5.56 Å². The van der Waals surface area contributed by atoms with E-state index in [1.54, 1.807) is 0 Å². The highest BCUT2D eigenvalue weighted by Crippen LogP contribution is 2.35. The maximum atomic E-state index is 12.7. The Balaban J connectivity index is 1.40. The molecule has 2 aliphatic rings. The van der Waals surface area contributed by atoms with Crippen LogP contribution in [0.1, 0.15) is 56.5 Å². The summed E-state index contributed by atoms with van der Waals surface area (Å²) in [4.78, 5) is 25.8. The van der Waals surface area contributed by atoms with Crippen LogP contribution < -0.4 is 16.4 Å². The number of aromatic amines is 1. The highest BCUT2D eigenvalue weighted by Gasteiger charge is 2.41. The van der Waals surface area contributed by atoms with Gasteiger partial charge in [-0.15, -0.1) is 0 Å². The quantitative estimate of drug-likeness (QED) is 0.735. The molecule has 7 heteroatoms. The normalized spacial score (nSPS) is 24.5. The Kier molecular flexibility index (Phi) is 5.36. The molecule has 7 nitrogen and oxygen atoms in total. The van der Waals surface area contributed by atoms with Gasteiger partial charge in [0, 0.05) is 44.0 Å². The second-order valence-corrected chi connectivity index (χ2v) is 9.22. The second-order valence-electron chi connectivity index (χ2n) is 9.22. The fraction of sp³-hybridized carbons (Fsp3) is 0.545. The van der Waals surface area contributed by atoms with E-state index in [-0.39, 0.29) is 22.9 Å². The number of aryl methyl sites for hydroxylation is 1. The zero-order valence-corrected chi connectivity index (χ0v) is 17.3.